The van der Waals surface area contributed by atoms with E-state index in [2.05, 4.69) is 11.0 Å². The van der Waals surface area contributed by atoms with Crippen LogP contribution in [0.5, 0.6) is 0 Å². The van der Waals surface area contributed by atoms with Crippen LogP contribution >= 0.6 is 0 Å². The first-order chi connectivity index (χ1) is 10.4. The van der Waals surface area contributed by atoms with Crippen molar-refractivity contribution in [3.8, 4) is 0 Å². The summed E-state index contributed by atoms with van der Waals surface area (Å²) in [5.74, 6) is 0.509. The predicted molar refractivity (Wildman–Crippen MR) is 89.1 cm³/mol. The Morgan fingerprint density at radius 2 is 2.00 bits per heavy atom. The molecule has 22 heavy (non-hydrogen) atoms. The number of benzene rings is 1. The number of piperidine rings is 1. The number of likely N-dealkylation sites (tertiary alicyclic amines) is 1. The fourth-order valence-electron chi connectivity index (χ4n) is 2.97. The molecule has 0 aromatic heterocycles. The van der Waals surface area contributed by atoms with Gasteiger partial charge in [-0.2, -0.15) is 0 Å². The van der Waals surface area contributed by atoms with Crippen LogP contribution in [-0.2, 0) is 0 Å². The second-order valence-electron chi connectivity index (χ2n) is 6.16. The van der Waals surface area contributed by atoms with Crippen molar-refractivity contribution >= 4 is 17.5 Å². The van der Waals surface area contributed by atoms with Gasteiger partial charge in [0, 0.05) is 20.1 Å². The first-order valence-corrected chi connectivity index (χ1v) is 7.70. The SMILES string of the molecule is Cc1cc(C2CCN(CCN(C)C(=O)O)CC2)cc(N)c1N. The molecule has 0 saturated carbocycles. The highest BCUT2D eigenvalue weighted by atomic mass is 16.4. The maximum absolute atomic E-state index is 10.8. The summed E-state index contributed by atoms with van der Waals surface area (Å²) in [6.45, 7) is 5.31. The van der Waals surface area contributed by atoms with Crippen LogP contribution in [0, 0.1) is 6.92 Å². The van der Waals surface area contributed by atoms with Crippen LogP contribution in [0.3, 0.4) is 0 Å². The van der Waals surface area contributed by atoms with Gasteiger partial charge >= 0.3 is 6.09 Å². The molecule has 1 heterocycles. The number of nitrogens with two attached hydrogens (primary N) is 2. The minimum absolute atomic E-state index is 0.509. The summed E-state index contributed by atoms with van der Waals surface area (Å²) >= 11 is 0. The third-order valence-corrected chi connectivity index (χ3v) is 4.58. The second kappa shape index (κ2) is 6.87. The Labute approximate surface area is 131 Å². The molecule has 2 rings (SSSR count). The van der Waals surface area contributed by atoms with Crippen molar-refractivity contribution in [2.45, 2.75) is 25.7 Å². The molecule has 0 radical (unpaired) electrons. The van der Waals surface area contributed by atoms with Gasteiger partial charge in [-0.05, 0) is 56.0 Å². The number of rotatable bonds is 4. The summed E-state index contributed by atoms with van der Waals surface area (Å²) < 4.78 is 0. The fourth-order valence-corrected chi connectivity index (χ4v) is 2.97. The van der Waals surface area contributed by atoms with Gasteiger partial charge in [0.25, 0.3) is 0 Å². The minimum atomic E-state index is -0.872. The van der Waals surface area contributed by atoms with Crippen LogP contribution in [-0.4, -0.2) is 54.2 Å². The average molecular weight is 306 g/mol. The third kappa shape index (κ3) is 3.82. The molecule has 1 aliphatic heterocycles. The third-order valence-electron chi connectivity index (χ3n) is 4.58. The number of nitrogen functional groups attached to an aromatic ring is 2. The lowest BCUT2D eigenvalue weighted by atomic mass is 9.88. The number of carbonyl (C=O) groups is 1. The molecule has 1 aromatic rings. The highest BCUT2D eigenvalue weighted by molar-refractivity contribution is 5.68. The zero-order valence-corrected chi connectivity index (χ0v) is 13.4. The molecule has 0 atom stereocenters. The second-order valence-corrected chi connectivity index (χ2v) is 6.16. The first kappa shape index (κ1) is 16.4. The van der Waals surface area contributed by atoms with Crippen LogP contribution in [0.25, 0.3) is 0 Å². The smallest absolute Gasteiger partial charge is 0.407 e. The molecule has 5 N–H and O–H groups in total. The Morgan fingerprint density at radius 3 is 2.55 bits per heavy atom. The molecule has 1 amide bonds. The van der Waals surface area contributed by atoms with Crippen LogP contribution in [0.4, 0.5) is 16.2 Å². The number of likely N-dealkylation sites (N-methyl/N-ethyl adjacent to an activating group) is 1. The average Bonchev–Trinajstić information content (AvgIpc) is 2.50. The van der Waals surface area contributed by atoms with E-state index in [1.807, 2.05) is 13.0 Å². The summed E-state index contributed by atoms with van der Waals surface area (Å²) in [6.07, 6.45) is 1.27. The zero-order chi connectivity index (χ0) is 16.3. The van der Waals surface area contributed by atoms with Crippen LogP contribution in [0.15, 0.2) is 12.1 Å². The maximum atomic E-state index is 10.8. The van der Waals surface area contributed by atoms with E-state index in [1.165, 1.54) is 10.5 Å². The quantitative estimate of drug-likeness (QED) is 0.739. The molecule has 0 spiro atoms. The first-order valence-electron chi connectivity index (χ1n) is 7.70. The van der Waals surface area contributed by atoms with E-state index in [0.29, 0.717) is 23.8 Å². The number of aryl methyl sites for hydroxylation is 1. The topological polar surface area (TPSA) is 95.8 Å². The molecule has 6 nitrogen and oxygen atoms in total. The lowest BCUT2D eigenvalue weighted by molar-refractivity contribution is 0.142. The van der Waals surface area contributed by atoms with Crippen molar-refractivity contribution in [3.05, 3.63) is 23.3 Å². The van der Waals surface area contributed by atoms with Gasteiger partial charge < -0.3 is 26.4 Å². The minimum Gasteiger partial charge on any atom is -0.465 e. The Balaban J connectivity index is 1.88. The largest absolute Gasteiger partial charge is 0.465 e. The molecule has 122 valence electrons. The molecule has 1 aliphatic rings. The molecule has 0 bridgehead atoms. The van der Waals surface area contributed by atoms with E-state index in [0.717, 1.165) is 38.0 Å². The van der Waals surface area contributed by atoms with E-state index in [4.69, 9.17) is 16.6 Å². The fraction of sp³-hybridized carbons (Fsp3) is 0.562. The monoisotopic (exact) mass is 306 g/mol. The molecule has 0 aliphatic carbocycles. The molecule has 1 saturated heterocycles. The van der Waals surface area contributed by atoms with Gasteiger partial charge in [-0.1, -0.05) is 6.07 Å². The number of anilines is 2. The van der Waals surface area contributed by atoms with Gasteiger partial charge in [0.2, 0.25) is 0 Å². The van der Waals surface area contributed by atoms with Crippen LogP contribution in [0.1, 0.15) is 29.9 Å². The van der Waals surface area contributed by atoms with E-state index in [1.54, 1.807) is 7.05 Å². The highest BCUT2D eigenvalue weighted by Crippen LogP contribution is 2.32. The number of hydrogen-bond acceptors (Lipinski definition) is 4. The lowest BCUT2D eigenvalue weighted by Gasteiger charge is -2.33. The molecular weight excluding hydrogens is 280 g/mol. The summed E-state index contributed by atoms with van der Waals surface area (Å²) in [5.41, 5.74) is 15.5. The van der Waals surface area contributed by atoms with Crippen LogP contribution in [0.2, 0.25) is 0 Å². The standard InChI is InChI=1S/C16H26N4O2/c1-11-9-13(10-14(17)15(11)18)12-3-5-20(6-4-12)8-7-19(2)16(21)22/h9-10,12H,3-8,17-18H2,1-2H3,(H,21,22). The van der Waals surface area contributed by atoms with Crippen molar-refractivity contribution < 1.29 is 9.90 Å². The van der Waals surface area contributed by atoms with Crippen molar-refractivity contribution in [1.29, 1.82) is 0 Å². The summed E-state index contributed by atoms with van der Waals surface area (Å²) in [6, 6.07) is 4.14. The van der Waals surface area contributed by atoms with Gasteiger partial charge in [0.15, 0.2) is 0 Å². The summed E-state index contributed by atoms with van der Waals surface area (Å²) in [4.78, 5) is 14.4. The number of hydrogen-bond donors (Lipinski definition) is 3. The molecule has 1 aromatic carbocycles. The van der Waals surface area contributed by atoms with E-state index >= 15 is 0 Å². The Kier molecular flexibility index (Phi) is 5.13. The molecule has 6 heteroatoms. The number of amides is 1. The van der Waals surface area contributed by atoms with E-state index < -0.39 is 6.09 Å². The summed E-state index contributed by atoms with van der Waals surface area (Å²) in [7, 11) is 1.61. The van der Waals surface area contributed by atoms with Gasteiger partial charge in [-0.3, -0.25) is 0 Å². The predicted octanol–water partition coefficient (Wildman–Crippen LogP) is 1.95. The van der Waals surface area contributed by atoms with Crippen molar-refractivity contribution in [1.82, 2.24) is 9.80 Å². The number of carboxylic acid groups (broad SMARTS) is 1. The Morgan fingerprint density at radius 1 is 1.36 bits per heavy atom. The van der Waals surface area contributed by atoms with Gasteiger partial charge in [-0.25, -0.2) is 4.79 Å². The maximum Gasteiger partial charge on any atom is 0.407 e. The van der Waals surface area contributed by atoms with E-state index in [9.17, 15) is 4.79 Å². The summed E-state index contributed by atoms with van der Waals surface area (Å²) in [5, 5.41) is 8.86. The van der Waals surface area contributed by atoms with Gasteiger partial charge in [0.05, 0.1) is 11.4 Å². The normalized spacial score (nSPS) is 16.6. The Hall–Kier alpha value is -1.95. The van der Waals surface area contributed by atoms with Crippen molar-refractivity contribution in [2.24, 2.45) is 0 Å². The van der Waals surface area contributed by atoms with Crippen molar-refractivity contribution in [3.63, 3.8) is 0 Å². The Bertz CT molecular complexity index is 516. The number of nitrogens with zero attached hydrogens (tertiary/aromatic N) is 2. The van der Waals surface area contributed by atoms with Gasteiger partial charge in [-0.15, -0.1) is 0 Å². The highest BCUT2D eigenvalue weighted by Gasteiger charge is 2.22. The van der Waals surface area contributed by atoms with Gasteiger partial charge in [0.1, 0.15) is 0 Å². The van der Waals surface area contributed by atoms with Crippen LogP contribution < -0.4 is 11.5 Å². The molecular formula is C16H26N4O2. The zero-order valence-electron chi connectivity index (χ0n) is 13.4. The lowest BCUT2D eigenvalue weighted by Crippen LogP contribution is -2.39. The molecule has 1 fully saturated rings. The molecule has 0 unspecified atom stereocenters. The van der Waals surface area contributed by atoms with E-state index in [-0.39, 0.29) is 0 Å². The van der Waals surface area contributed by atoms with Crippen molar-refractivity contribution in [2.75, 3.05) is 44.7 Å².